The Bertz CT molecular complexity index is 975. The van der Waals surface area contributed by atoms with Gasteiger partial charge in [-0.3, -0.25) is 19.2 Å². The van der Waals surface area contributed by atoms with Crippen molar-refractivity contribution in [3.63, 3.8) is 0 Å². The Labute approximate surface area is 219 Å². The molecule has 0 radical (unpaired) electrons. The van der Waals surface area contributed by atoms with Crippen LogP contribution in [0.3, 0.4) is 0 Å². The molecule has 0 aliphatic carbocycles. The second-order valence-electron chi connectivity index (χ2n) is 6.52. The van der Waals surface area contributed by atoms with Crippen LogP contribution in [0.25, 0.3) is 6.08 Å². The standard InChI is InChI=1S/C17H16N4O6S.2Na/c22-13(1-2-14(23)24)19-3-4-20-10(7-19)5-9(18-20)6-11-15(25)21-12(17(26)27)8-28-16(11)21;;/h5-6,8,16H,1-4,7H2,(H,23,24)(H,26,27);;/q;2*+1/p-2/b11-6+;;. The summed E-state index contributed by atoms with van der Waals surface area (Å²) in [6, 6.07) is 1.76. The van der Waals surface area contributed by atoms with Crippen LogP contribution < -0.4 is 69.3 Å². The number of hydrogen-bond donors (Lipinski definition) is 0. The molecule has 4 heterocycles. The average Bonchev–Trinajstić information content (AvgIpc) is 3.24. The number of nitrogens with zero attached hydrogens (tertiary/aromatic N) is 4. The Kier molecular flexibility index (Phi) is 8.42. The molecule has 146 valence electrons. The second-order valence-corrected chi connectivity index (χ2v) is 7.48. The molecule has 30 heavy (non-hydrogen) atoms. The fourth-order valence-electron chi connectivity index (χ4n) is 3.36. The summed E-state index contributed by atoms with van der Waals surface area (Å²) in [6.45, 7) is 1.18. The van der Waals surface area contributed by atoms with Crippen LogP contribution in [-0.4, -0.2) is 55.3 Å². The molecule has 13 heteroatoms. The predicted octanol–water partition coefficient (Wildman–Crippen LogP) is -8.35. The van der Waals surface area contributed by atoms with E-state index in [2.05, 4.69) is 5.10 Å². The normalized spacial score (nSPS) is 20.4. The number of rotatable bonds is 5. The summed E-state index contributed by atoms with van der Waals surface area (Å²) in [5, 5.41) is 27.0. The first kappa shape index (κ1) is 25.2. The third-order valence-electron chi connectivity index (χ3n) is 4.76. The van der Waals surface area contributed by atoms with Gasteiger partial charge in [0.15, 0.2) is 0 Å². The first-order chi connectivity index (χ1) is 13.3. The van der Waals surface area contributed by atoms with Gasteiger partial charge in [0.2, 0.25) is 5.91 Å². The van der Waals surface area contributed by atoms with Crippen molar-refractivity contribution in [1.29, 1.82) is 0 Å². The Hall–Kier alpha value is -1.08. The molecule has 1 saturated heterocycles. The minimum atomic E-state index is -1.39. The van der Waals surface area contributed by atoms with E-state index in [1.807, 2.05) is 0 Å². The molecule has 0 N–H and O–H groups in total. The molecule has 3 aliphatic heterocycles. The number of carboxylic acids is 2. The van der Waals surface area contributed by atoms with E-state index in [4.69, 9.17) is 0 Å². The van der Waals surface area contributed by atoms with E-state index < -0.39 is 17.8 Å². The van der Waals surface area contributed by atoms with Gasteiger partial charge in [-0.2, -0.15) is 5.10 Å². The molecule has 4 rings (SSSR count). The number of fused-ring (bicyclic) bond motifs is 2. The molecule has 0 spiro atoms. The number of aliphatic carboxylic acids is 2. The molecule has 2 amide bonds. The average molecular weight is 448 g/mol. The van der Waals surface area contributed by atoms with E-state index in [9.17, 15) is 29.4 Å². The van der Waals surface area contributed by atoms with Gasteiger partial charge in [0.25, 0.3) is 5.91 Å². The Morgan fingerprint density at radius 1 is 1.20 bits per heavy atom. The number of aromatic nitrogens is 2. The van der Waals surface area contributed by atoms with E-state index in [-0.39, 0.29) is 88.9 Å². The maximum absolute atomic E-state index is 12.2. The fourth-order valence-corrected chi connectivity index (χ4v) is 4.47. The molecule has 0 aromatic carbocycles. The van der Waals surface area contributed by atoms with E-state index >= 15 is 0 Å². The molecule has 0 bridgehead atoms. The van der Waals surface area contributed by atoms with Crippen molar-refractivity contribution in [2.45, 2.75) is 31.3 Å². The van der Waals surface area contributed by atoms with Crippen LogP contribution in [0.15, 0.2) is 22.7 Å². The minimum Gasteiger partial charge on any atom is -0.550 e. The number of carbonyl (C=O) groups excluding carboxylic acids is 4. The molecule has 1 aromatic rings. The Morgan fingerprint density at radius 2 is 1.93 bits per heavy atom. The van der Waals surface area contributed by atoms with Gasteiger partial charge in [0.1, 0.15) is 5.37 Å². The molecule has 1 aromatic heterocycles. The Balaban J connectivity index is 0.00000160. The third kappa shape index (κ3) is 4.72. The second kappa shape index (κ2) is 10.0. The smallest absolute Gasteiger partial charge is 0.550 e. The monoisotopic (exact) mass is 448 g/mol. The van der Waals surface area contributed by atoms with E-state index in [1.165, 1.54) is 22.1 Å². The number of thioether (sulfide) groups is 1. The fraction of sp³-hybridized carbons (Fsp3) is 0.353. The topological polar surface area (TPSA) is 139 Å². The summed E-state index contributed by atoms with van der Waals surface area (Å²) in [5.74, 6) is -3.30. The van der Waals surface area contributed by atoms with Crippen LogP contribution in [0.5, 0.6) is 0 Å². The largest absolute Gasteiger partial charge is 1.00 e. The SMILES string of the molecule is O=C([O-])CCC(=O)N1CCn2nc(/C=C3\C(=O)N4C(C(=O)[O-])=CSC34)cc2C1.[Na+].[Na+]. The Morgan fingerprint density at radius 3 is 2.60 bits per heavy atom. The summed E-state index contributed by atoms with van der Waals surface area (Å²) in [6.07, 6.45) is 1.20. The van der Waals surface area contributed by atoms with Crippen LogP contribution in [0.4, 0.5) is 0 Å². The summed E-state index contributed by atoms with van der Waals surface area (Å²) >= 11 is 1.22. The van der Waals surface area contributed by atoms with Crippen LogP contribution >= 0.6 is 11.8 Å². The molecule has 3 aliphatic rings. The number of hydrogen-bond acceptors (Lipinski definition) is 8. The van der Waals surface area contributed by atoms with E-state index in [0.29, 0.717) is 30.9 Å². The molecule has 10 nitrogen and oxygen atoms in total. The summed E-state index contributed by atoms with van der Waals surface area (Å²) in [5.41, 5.74) is 1.64. The van der Waals surface area contributed by atoms with Gasteiger partial charge in [-0.25, -0.2) is 0 Å². The number of amides is 2. The first-order valence-electron chi connectivity index (χ1n) is 8.51. The molecule has 0 saturated carbocycles. The quantitative estimate of drug-likeness (QED) is 0.246. The van der Waals surface area contributed by atoms with Crippen LogP contribution in [0.2, 0.25) is 0 Å². The van der Waals surface area contributed by atoms with Gasteiger partial charge in [-0.15, -0.1) is 11.8 Å². The number of carboxylic acid groups (broad SMARTS) is 2. The van der Waals surface area contributed by atoms with Gasteiger partial charge < -0.3 is 24.7 Å². The van der Waals surface area contributed by atoms with E-state index in [0.717, 1.165) is 5.69 Å². The zero-order valence-corrected chi connectivity index (χ0v) is 21.3. The van der Waals surface area contributed by atoms with Crippen molar-refractivity contribution in [1.82, 2.24) is 19.6 Å². The maximum atomic E-state index is 12.2. The van der Waals surface area contributed by atoms with Crippen molar-refractivity contribution in [3.8, 4) is 0 Å². The molecule has 1 unspecified atom stereocenters. The van der Waals surface area contributed by atoms with Gasteiger partial charge in [0.05, 0.1) is 41.7 Å². The van der Waals surface area contributed by atoms with Gasteiger partial charge in [-0.1, -0.05) is 0 Å². The minimum absolute atomic E-state index is 0. The molecule has 1 atom stereocenters. The van der Waals surface area contributed by atoms with Crippen LogP contribution in [0, 0.1) is 0 Å². The summed E-state index contributed by atoms with van der Waals surface area (Å²) < 4.78 is 1.74. The van der Waals surface area contributed by atoms with Crippen LogP contribution in [0.1, 0.15) is 24.2 Å². The molecular weight excluding hydrogens is 434 g/mol. The van der Waals surface area contributed by atoms with Crippen molar-refractivity contribution in [2.24, 2.45) is 0 Å². The van der Waals surface area contributed by atoms with Crippen molar-refractivity contribution < 1.29 is 88.5 Å². The van der Waals surface area contributed by atoms with Crippen LogP contribution in [-0.2, 0) is 32.3 Å². The number of carbonyl (C=O) groups is 4. The molecular formula is C17H14N4Na2O6S. The molecule has 1 fully saturated rings. The van der Waals surface area contributed by atoms with Crippen molar-refractivity contribution >= 4 is 41.6 Å². The maximum Gasteiger partial charge on any atom is 1.00 e. The third-order valence-corrected chi connectivity index (χ3v) is 5.84. The van der Waals surface area contributed by atoms with Gasteiger partial charge >= 0.3 is 59.1 Å². The zero-order chi connectivity index (χ0) is 20.0. The first-order valence-corrected chi connectivity index (χ1v) is 9.46. The number of β-lactam (4-membered cyclic amide) rings is 1. The van der Waals surface area contributed by atoms with Crippen molar-refractivity contribution in [2.75, 3.05) is 6.54 Å². The predicted molar refractivity (Wildman–Crippen MR) is 91.2 cm³/mol. The summed E-state index contributed by atoms with van der Waals surface area (Å²) in [7, 11) is 0. The van der Waals surface area contributed by atoms with Gasteiger partial charge in [-0.05, 0) is 24.0 Å². The summed E-state index contributed by atoms with van der Waals surface area (Å²) in [4.78, 5) is 48.6. The van der Waals surface area contributed by atoms with Gasteiger partial charge in [0, 0.05) is 18.9 Å². The van der Waals surface area contributed by atoms with E-state index in [1.54, 1.807) is 21.7 Å². The zero-order valence-electron chi connectivity index (χ0n) is 16.5. The van der Waals surface area contributed by atoms with Crippen molar-refractivity contribution in [3.05, 3.63) is 34.1 Å².